The molecule has 3 rings (SSSR count). The van der Waals surface area contributed by atoms with E-state index in [2.05, 4.69) is 10.3 Å². The average Bonchev–Trinajstić information content (AvgIpc) is 2.88. The van der Waals surface area contributed by atoms with Gasteiger partial charge >= 0.3 is 5.69 Å². The third kappa shape index (κ3) is 2.55. The van der Waals surface area contributed by atoms with Crippen molar-refractivity contribution in [1.29, 1.82) is 0 Å². The fourth-order valence-corrected chi connectivity index (χ4v) is 2.24. The number of H-pyrrole nitrogens is 1. The third-order valence-corrected chi connectivity index (χ3v) is 3.30. The molecule has 1 aromatic heterocycles. The van der Waals surface area contributed by atoms with Crippen LogP contribution in [0.25, 0.3) is 10.9 Å². The van der Waals surface area contributed by atoms with Crippen LogP contribution in [0.3, 0.4) is 0 Å². The summed E-state index contributed by atoms with van der Waals surface area (Å²) in [5, 5.41) is 14.7. The lowest BCUT2D eigenvalue weighted by atomic mass is 10.1. The minimum absolute atomic E-state index is 0.501. The molecule has 0 fully saturated rings. The molecule has 0 atom stereocenters. The van der Waals surface area contributed by atoms with Crippen LogP contribution in [0.5, 0.6) is 0 Å². The molecule has 0 aliphatic carbocycles. The van der Waals surface area contributed by atoms with E-state index in [1.165, 1.54) is 6.07 Å². The van der Waals surface area contributed by atoms with Crippen molar-refractivity contribution in [3.05, 3.63) is 70.2 Å². The molecule has 2 N–H and O–H groups in total. The van der Waals surface area contributed by atoms with Crippen molar-refractivity contribution in [2.75, 3.05) is 5.32 Å². The van der Waals surface area contributed by atoms with Gasteiger partial charge in [-0.25, -0.2) is 0 Å². The first-order chi connectivity index (χ1) is 10.1. The number of nitrogens with one attached hydrogen (secondary N) is 2. The highest BCUT2D eigenvalue weighted by Gasteiger charge is 2.13. The lowest BCUT2D eigenvalue weighted by Gasteiger charge is -2.06. The second kappa shape index (κ2) is 5.24. The Labute approximate surface area is 119 Å². The van der Waals surface area contributed by atoms with Gasteiger partial charge in [-0.15, -0.1) is 0 Å². The topological polar surface area (TPSA) is 71.0 Å². The lowest BCUT2D eigenvalue weighted by Crippen LogP contribution is -2.00. The maximum absolute atomic E-state index is 13.5. The van der Waals surface area contributed by atoms with Crippen LogP contribution < -0.4 is 5.32 Å². The second-order valence-corrected chi connectivity index (χ2v) is 4.64. The van der Waals surface area contributed by atoms with Crippen LogP contribution >= 0.6 is 0 Å². The lowest BCUT2D eigenvalue weighted by molar-refractivity contribution is -0.387. The molecule has 0 amide bonds. The maximum Gasteiger partial charge on any atom is 0.304 e. The zero-order valence-corrected chi connectivity index (χ0v) is 11.0. The third-order valence-electron chi connectivity index (χ3n) is 3.30. The predicted molar refractivity (Wildman–Crippen MR) is 78.7 cm³/mol. The molecule has 0 bridgehead atoms. The van der Waals surface area contributed by atoms with Crippen molar-refractivity contribution in [1.82, 2.24) is 4.98 Å². The van der Waals surface area contributed by atoms with Gasteiger partial charge in [0, 0.05) is 41.5 Å². The van der Waals surface area contributed by atoms with Gasteiger partial charge in [-0.1, -0.05) is 18.2 Å². The summed E-state index contributed by atoms with van der Waals surface area (Å²) in [4.78, 5) is 13.0. The summed E-state index contributed by atoms with van der Waals surface area (Å²) < 4.78 is 13.5. The quantitative estimate of drug-likeness (QED) is 0.565. The summed E-state index contributed by atoms with van der Waals surface area (Å²) in [5.41, 5.74) is 2.06. The van der Waals surface area contributed by atoms with E-state index in [0.717, 1.165) is 28.6 Å². The molecule has 0 radical (unpaired) electrons. The molecule has 0 aliphatic rings. The van der Waals surface area contributed by atoms with Gasteiger partial charge in [0.05, 0.1) is 4.92 Å². The highest BCUT2D eigenvalue weighted by Crippen LogP contribution is 2.23. The number of hydrogen-bond acceptors (Lipinski definition) is 3. The molecule has 6 heteroatoms. The van der Waals surface area contributed by atoms with Crippen LogP contribution in [-0.4, -0.2) is 9.91 Å². The number of rotatable bonds is 4. The van der Waals surface area contributed by atoms with E-state index in [1.807, 2.05) is 30.5 Å². The Morgan fingerprint density at radius 2 is 2.05 bits per heavy atom. The molecule has 2 aromatic carbocycles. The van der Waals surface area contributed by atoms with Gasteiger partial charge in [-0.3, -0.25) is 10.1 Å². The molecule has 0 saturated carbocycles. The number of aromatic nitrogens is 1. The summed E-state index contributed by atoms with van der Waals surface area (Å²) in [6.45, 7) is 0.501. The fraction of sp³-hybridized carbons (Fsp3) is 0.0667. The molecular weight excluding hydrogens is 273 g/mol. The van der Waals surface area contributed by atoms with E-state index in [9.17, 15) is 14.5 Å². The van der Waals surface area contributed by atoms with Crippen molar-refractivity contribution in [2.24, 2.45) is 0 Å². The molecule has 0 saturated heterocycles. The summed E-state index contributed by atoms with van der Waals surface area (Å²) in [5.74, 6) is -0.844. The van der Waals surface area contributed by atoms with E-state index in [0.29, 0.717) is 12.2 Å². The zero-order valence-electron chi connectivity index (χ0n) is 11.0. The van der Waals surface area contributed by atoms with Gasteiger partial charge in [0.2, 0.25) is 5.82 Å². The number of nitro groups is 1. The Morgan fingerprint density at radius 1 is 1.24 bits per heavy atom. The zero-order chi connectivity index (χ0) is 14.8. The number of halogens is 1. The summed E-state index contributed by atoms with van der Waals surface area (Å²) in [7, 11) is 0. The van der Waals surface area contributed by atoms with Gasteiger partial charge in [0.25, 0.3) is 0 Å². The SMILES string of the molecule is O=[N+]([O-])c1ccc(NCc2c[nH]c3ccccc23)cc1F. The number of nitrogens with zero attached hydrogens (tertiary/aromatic N) is 1. The van der Waals surface area contributed by atoms with Crippen molar-refractivity contribution < 1.29 is 9.31 Å². The number of benzene rings is 2. The highest BCUT2D eigenvalue weighted by atomic mass is 19.1. The average molecular weight is 285 g/mol. The van der Waals surface area contributed by atoms with Gasteiger partial charge in [0.15, 0.2) is 0 Å². The normalized spacial score (nSPS) is 10.7. The van der Waals surface area contributed by atoms with Gasteiger partial charge in [-0.05, 0) is 17.7 Å². The number of aromatic amines is 1. The van der Waals surface area contributed by atoms with Crippen LogP contribution in [0.2, 0.25) is 0 Å². The Bertz CT molecular complexity index is 814. The van der Waals surface area contributed by atoms with Crippen LogP contribution in [0, 0.1) is 15.9 Å². The van der Waals surface area contributed by atoms with Crippen molar-refractivity contribution in [2.45, 2.75) is 6.54 Å². The smallest absolute Gasteiger partial charge is 0.304 e. The largest absolute Gasteiger partial charge is 0.381 e. The number of fused-ring (bicyclic) bond motifs is 1. The molecular formula is C15H12FN3O2. The molecule has 0 unspecified atom stereocenters. The molecule has 106 valence electrons. The van der Waals surface area contributed by atoms with E-state index in [1.54, 1.807) is 0 Å². The molecule has 5 nitrogen and oxygen atoms in total. The molecule has 21 heavy (non-hydrogen) atoms. The fourth-order valence-electron chi connectivity index (χ4n) is 2.24. The predicted octanol–water partition coefficient (Wildman–Crippen LogP) is 3.83. The van der Waals surface area contributed by atoms with E-state index in [-0.39, 0.29) is 0 Å². The summed E-state index contributed by atoms with van der Waals surface area (Å²) in [6.07, 6.45) is 1.89. The van der Waals surface area contributed by atoms with Crippen LogP contribution in [0.1, 0.15) is 5.56 Å². The first-order valence-corrected chi connectivity index (χ1v) is 6.38. The Hall–Kier alpha value is -2.89. The van der Waals surface area contributed by atoms with Crippen molar-refractivity contribution >= 4 is 22.3 Å². The second-order valence-electron chi connectivity index (χ2n) is 4.64. The van der Waals surface area contributed by atoms with Gasteiger partial charge < -0.3 is 10.3 Å². The molecule has 0 spiro atoms. The van der Waals surface area contributed by atoms with Crippen LogP contribution in [0.15, 0.2) is 48.7 Å². The van der Waals surface area contributed by atoms with Gasteiger partial charge in [0.1, 0.15) is 0 Å². The van der Waals surface area contributed by atoms with E-state index >= 15 is 0 Å². The monoisotopic (exact) mass is 285 g/mol. The Morgan fingerprint density at radius 3 is 2.81 bits per heavy atom. The first kappa shape index (κ1) is 13.1. The minimum atomic E-state index is -0.844. The number of anilines is 1. The number of nitro benzene ring substituents is 1. The maximum atomic E-state index is 13.5. The Balaban J connectivity index is 1.79. The standard InChI is InChI=1S/C15H12FN3O2/c16-13-7-11(5-6-15(13)19(20)21)17-8-10-9-18-14-4-2-1-3-12(10)14/h1-7,9,17-18H,8H2. The number of para-hydroxylation sites is 1. The van der Waals surface area contributed by atoms with Gasteiger partial charge in [-0.2, -0.15) is 4.39 Å². The summed E-state index contributed by atoms with van der Waals surface area (Å²) in [6, 6.07) is 11.7. The minimum Gasteiger partial charge on any atom is -0.381 e. The first-order valence-electron chi connectivity index (χ1n) is 6.38. The Kier molecular flexibility index (Phi) is 3.27. The van der Waals surface area contributed by atoms with Crippen molar-refractivity contribution in [3.63, 3.8) is 0 Å². The summed E-state index contributed by atoms with van der Waals surface area (Å²) >= 11 is 0. The van der Waals surface area contributed by atoms with Crippen LogP contribution in [-0.2, 0) is 6.54 Å². The van der Waals surface area contributed by atoms with Crippen molar-refractivity contribution in [3.8, 4) is 0 Å². The molecule has 3 aromatic rings. The molecule has 0 aliphatic heterocycles. The number of hydrogen-bond donors (Lipinski definition) is 2. The van der Waals surface area contributed by atoms with E-state index in [4.69, 9.17) is 0 Å². The van der Waals surface area contributed by atoms with E-state index < -0.39 is 16.4 Å². The molecule has 1 heterocycles. The highest BCUT2D eigenvalue weighted by molar-refractivity contribution is 5.83. The van der Waals surface area contributed by atoms with Crippen LogP contribution in [0.4, 0.5) is 15.8 Å².